The molecular formula is C60H42N2. The fraction of sp³-hybridized carbons (Fsp3) is 0. The Morgan fingerprint density at radius 3 is 1.21 bits per heavy atom. The van der Waals surface area contributed by atoms with Gasteiger partial charge in [-0.05, 0) is 87.5 Å². The van der Waals surface area contributed by atoms with E-state index < -0.39 is 0 Å². The molecule has 0 N–H and O–H groups in total. The summed E-state index contributed by atoms with van der Waals surface area (Å²) in [6, 6.07) is 92.3. The lowest BCUT2D eigenvalue weighted by atomic mass is 9.94. The minimum Gasteiger partial charge on any atom is -0.309 e. The topological polar surface area (TPSA) is 8.17 Å². The van der Waals surface area contributed by atoms with Gasteiger partial charge in [0.05, 0.1) is 28.1 Å². The molecule has 0 atom stereocenters. The maximum Gasteiger partial charge on any atom is 0.0562 e. The van der Waals surface area contributed by atoms with Gasteiger partial charge in [0, 0.05) is 33.2 Å². The average molecular weight is 791 g/mol. The number of hydrogen-bond acceptors (Lipinski definition) is 1. The van der Waals surface area contributed by atoms with Crippen molar-refractivity contribution in [3.8, 4) is 61.3 Å². The van der Waals surface area contributed by atoms with Crippen molar-refractivity contribution in [2.75, 3.05) is 4.90 Å². The van der Waals surface area contributed by atoms with Crippen molar-refractivity contribution in [2.24, 2.45) is 0 Å². The van der Waals surface area contributed by atoms with Crippen LogP contribution in [-0.4, -0.2) is 4.57 Å². The van der Waals surface area contributed by atoms with E-state index in [0.717, 1.165) is 50.5 Å². The highest BCUT2D eigenvalue weighted by molar-refractivity contribution is 6.11. The molecule has 0 saturated heterocycles. The lowest BCUT2D eigenvalue weighted by molar-refractivity contribution is 1.18. The van der Waals surface area contributed by atoms with Crippen molar-refractivity contribution in [3.63, 3.8) is 0 Å². The van der Waals surface area contributed by atoms with E-state index in [1.54, 1.807) is 0 Å². The standard InChI is InChI=1S/C60H42N2/c1-6-20-43(21-7-1)48-34-38-58(54(40-48)46-26-12-4-13-27-46)61(59-39-35-49(44-22-8-2-9-23-44)41-55(59)47-28-14-5-15-29-47)50-36-37-53-52-31-17-19-33-57(52)62(60(53)42-50)56-32-18-16-30-51(56)45-24-10-3-11-25-45/h1-42H. The van der Waals surface area contributed by atoms with Crippen LogP contribution in [0, 0.1) is 0 Å². The third kappa shape index (κ3) is 6.74. The molecule has 0 radical (unpaired) electrons. The number of benzene rings is 10. The van der Waals surface area contributed by atoms with Crippen LogP contribution in [0.3, 0.4) is 0 Å². The normalized spacial score (nSPS) is 11.2. The number of aromatic nitrogens is 1. The van der Waals surface area contributed by atoms with Gasteiger partial charge in [-0.2, -0.15) is 0 Å². The van der Waals surface area contributed by atoms with Gasteiger partial charge in [0.25, 0.3) is 0 Å². The van der Waals surface area contributed by atoms with Crippen molar-refractivity contribution in [3.05, 3.63) is 255 Å². The first-order valence-corrected chi connectivity index (χ1v) is 21.3. The van der Waals surface area contributed by atoms with Crippen molar-refractivity contribution in [1.82, 2.24) is 4.57 Å². The largest absolute Gasteiger partial charge is 0.309 e. The van der Waals surface area contributed by atoms with E-state index in [-0.39, 0.29) is 0 Å². The molecule has 0 spiro atoms. The summed E-state index contributed by atoms with van der Waals surface area (Å²) in [5.41, 5.74) is 18.4. The van der Waals surface area contributed by atoms with E-state index in [1.165, 1.54) is 49.7 Å². The van der Waals surface area contributed by atoms with Gasteiger partial charge in [0.2, 0.25) is 0 Å². The molecule has 0 amide bonds. The summed E-state index contributed by atoms with van der Waals surface area (Å²) in [7, 11) is 0. The molecule has 0 aliphatic heterocycles. The van der Waals surface area contributed by atoms with E-state index in [2.05, 4.69) is 264 Å². The lowest BCUT2D eigenvalue weighted by Gasteiger charge is -2.31. The third-order valence-corrected chi connectivity index (χ3v) is 12.0. The van der Waals surface area contributed by atoms with E-state index in [1.807, 2.05) is 0 Å². The molecule has 0 aliphatic carbocycles. The molecule has 11 aromatic rings. The van der Waals surface area contributed by atoms with Crippen LogP contribution in [0.1, 0.15) is 0 Å². The fourth-order valence-corrected chi connectivity index (χ4v) is 9.08. The number of anilines is 3. The van der Waals surface area contributed by atoms with Crippen LogP contribution in [0.15, 0.2) is 255 Å². The van der Waals surface area contributed by atoms with Gasteiger partial charge < -0.3 is 9.47 Å². The second kappa shape index (κ2) is 16.1. The molecule has 0 bridgehead atoms. The number of hydrogen-bond donors (Lipinski definition) is 0. The van der Waals surface area contributed by atoms with Gasteiger partial charge in [0.15, 0.2) is 0 Å². The minimum absolute atomic E-state index is 1.06. The Balaban J connectivity index is 1.22. The average Bonchev–Trinajstić information content (AvgIpc) is 3.69. The quantitative estimate of drug-likeness (QED) is 0.141. The number of para-hydroxylation sites is 2. The Labute approximate surface area is 362 Å². The Bertz CT molecular complexity index is 3190. The molecule has 1 aromatic heterocycles. The summed E-state index contributed by atoms with van der Waals surface area (Å²) in [6.07, 6.45) is 0. The molecule has 10 aromatic carbocycles. The molecule has 0 aliphatic rings. The Hall–Kier alpha value is -8.20. The number of nitrogens with zero attached hydrogens (tertiary/aromatic N) is 2. The smallest absolute Gasteiger partial charge is 0.0562 e. The van der Waals surface area contributed by atoms with Gasteiger partial charge in [0.1, 0.15) is 0 Å². The van der Waals surface area contributed by atoms with Gasteiger partial charge in [-0.15, -0.1) is 0 Å². The predicted molar refractivity (Wildman–Crippen MR) is 263 cm³/mol. The second-order valence-corrected chi connectivity index (χ2v) is 15.7. The molecule has 0 fully saturated rings. The van der Waals surface area contributed by atoms with Crippen LogP contribution >= 0.6 is 0 Å². The number of rotatable bonds is 9. The molecule has 11 rings (SSSR count). The van der Waals surface area contributed by atoms with Crippen LogP contribution in [0.4, 0.5) is 17.1 Å². The molecule has 0 unspecified atom stereocenters. The molecule has 2 nitrogen and oxygen atoms in total. The first-order valence-electron chi connectivity index (χ1n) is 21.3. The van der Waals surface area contributed by atoms with Gasteiger partial charge in [-0.3, -0.25) is 0 Å². The van der Waals surface area contributed by atoms with Gasteiger partial charge in [-0.1, -0.05) is 206 Å². The predicted octanol–water partition coefficient (Wildman–Crippen LogP) is 16.6. The highest BCUT2D eigenvalue weighted by Crippen LogP contribution is 2.48. The SMILES string of the molecule is c1ccc(-c2ccc(N(c3ccc4c5ccccc5n(-c5ccccc5-c5ccccc5)c4c3)c3ccc(-c4ccccc4)cc3-c3ccccc3)c(-c3ccccc3)c2)cc1. The Morgan fingerprint density at radius 2 is 0.677 bits per heavy atom. The molecular weight excluding hydrogens is 749 g/mol. The molecule has 0 saturated carbocycles. The summed E-state index contributed by atoms with van der Waals surface area (Å²) in [6.45, 7) is 0. The molecule has 2 heteroatoms. The molecule has 62 heavy (non-hydrogen) atoms. The Morgan fingerprint density at radius 1 is 0.258 bits per heavy atom. The highest BCUT2D eigenvalue weighted by atomic mass is 15.1. The van der Waals surface area contributed by atoms with E-state index in [9.17, 15) is 0 Å². The van der Waals surface area contributed by atoms with Crippen LogP contribution < -0.4 is 4.90 Å². The fourth-order valence-electron chi connectivity index (χ4n) is 9.08. The molecule has 292 valence electrons. The van der Waals surface area contributed by atoms with Crippen LogP contribution in [0.5, 0.6) is 0 Å². The zero-order valence-corrected chi connectivity index (χ0v) is 34.1. The third-order valence-electron chi connectivity index (χ3n) is 12.0. The zero-order chi connectivity index (χ0) is 41.2. The summed E-state index contributed by atoms with van der Waals surface area (Å²) < 4.78 is 2.46. The van der Waals surface area contributed by atoms with E-state index in [4.69, 9.17) is 0 Å². The van der Waals surface area contributed by atoms with E-state index in [0.29, 0.717) is 0 Å². The summed E-state index contributed by atoms with van der Waals surface area (Å²) in [5, 5.41) is 2.43. The van der Waals surface area contributed by atoms with Crippen LogP contribution in [-0.2, 0) is 0 Å². The van der Waals surface area contributed by atoms with E-state index >= 15 is 0 Å². The van der Waals surface area contributed by atoms with Crippen LogP contribution in [0.2, 0.25) is 0 Å². The van der Waals surface area contributed by atoms with Crippen LogP contribution in [0.25, 0.3) is 83.1 Å². The van der Waals surface area contributed by atoms with Crippen molar-refractivity contribution < 1.29 is 0 Å². The van der Waals surface area contributed by atoms with Crippen molar-refractivity contribution in [2.45, 2.75) is 0 Å². The summed E-state index contributed by atoms with van der Waals surface area (Å²) >= 11 is 0. The first kappa shape index (κ1) is 36.8. The second-order valence-electron chi connectivity index (χ2n) is 15.7. The highest BCUT2D eigenvalue weighted by Gasteiger charge is 2.24. The summed E-state index contributed by atoms with van der Waals surface area (Å²) in [4.78, 5) is 2.48. The molecule has 1 heterocycles. The lowest BCUT2D eigenvalue weighted by Crippen LogP contribution is -2.13. The minimum atomic E-state index is 1.06. The van der Waals surface area contributed by atoms with Gasteiger partial charge >= 0.3 is 0 Å². The summed E-state index contributed by atoms with van der Waals surface area (Å²) in [5.74, 6) is 0. The maximum absolute atomic E-state index is 2.48. The van der Waals surface area contributed by atoms with Crippen molar-refractivity contribution >= 4 is 38.9 Å². The van der Waals surface area contributed by atoms with Gasteiger partial charge in [-0.25, -0.2) is 0 Å². The number of fused-ring (bicyclic) bond motifs is 3. The Kier molecular flexibility index (Phi) is 9.57. The van der Waals surface area contributed by atoms with Crippen molar-refractivity contribution in [1.29, 1.82) is 0 Å². The first-order chi connectivity index (χ1) is 30.8. The zero-order valence-electron chi connectivity index (χ0n) is 34.1. The monoisotopic (exact) mass is 790 g/mol. The maximum atomic E-state index is 2.48.